The molecule has 1 aliphatic carbocycles. The SMILES string of the molecule is CC(C)CC[C@H](O)[C@@]1(O)C(=O)C(C(=O)C(C)C)C(=O)[C@@H]1CCC(C)C. The third kappa shape index (κ3) is 4.56. The van der Waals surface area contributed by atoms with E-state index in [1.807, 2.05) is 27.7 Å². The summed E-state index contributed by atoms with van der Waals surface area (Å²) in [5.41, 5.74) is -2.14. The molecule has 0 heterocycles. The highest BCUT2D eigenvalue weighted by atomic mass is 16.4. The molecule has 0 bridgehead atoms. The van der Waals surface area contributed by atoms with Gasteiger partial charge in [-0.25, -0.2) is 0 Å². The molecule has 2 N–H and O–H groups in total. The molecule has 0 aromatic heterocycles. The van der Waals surface area contributed by atoms with Gasteiger partial charge in [-0.15, -0.1) is 0 Å². The molecule has 0 aliphatic heterocycles. The van der Waals surface area contributed by atoms with Gasteiger partial charge in [0.1, 0.15) is 5.92 Å². The van der Waals surface area contributed by atoms with E-state index in [2.05, 4.69) is 0 Å². The van der Waals surface area contributed by atoms with Gasteiger partial charge in [0.25, 0.3) is 0 Å². The van der Waals surface area contributed by atoms with Crippen LogP contribution < -0.4 is 0 Å². The Morgan fingerprint density at radius 3 is 1.96 bits per heavy atom. The van der Waals surface area contributed by atoms with E-state index in [1.165, 1.54) is 0 Å². The van der Waals surface area contributed by atoms with E-state index in [0.717, 1.165) is 0 Å². The topological polar surface area (TPSA) is 91.7 Å². The normalized spacial score (nSPS) is 28.4. The number of hydrogen-bond donors (Lipinski definition) is 2. The van der Waals surface area contributed by atoms with Crippen LogP contribution in [-0.2, 0) is 14.4 Å². The van der Waals surface area contributed by atoms with Gasteiger partial charge in [-0.05, 0) is 31.1 Å². The number of carbonyl (C=O) groups excluding carboxylic acids is 3. The molecule has 5 nitrogen and oxygen atoms in total. The first-order valence-corrected chi connectivity index (χ1v) is 9.46. The van der Waals surface area contributed by atoms with Crippen molar-refractivity contribution in [2.24, 2.45) is 29.6 Å². The van der Waals surface area contributed by atoms with Gasteiger partial charge in [-0.3, -0.25) is 14.4 Å². The molecule has 4 atom stereocenters. The second-order valence-corrected chi connectivity index (χ2v) is 8.59. The molecule has 1 rings (SSSR count). The summed E-state index contributed by atoms with van der Waals surface area (Å²) in [6.45, 7) is 11.2. The number of aliphatic hydroxyl groups is 2. The minimum Gasteiger partial charge on any atom is -0.390 e. The number of aliphatic hydroxyl groups excluding tert-OH is 1. The van der Waals surface area contributed by atoms with Crippen LogP contribution in [0.5, 0.6) is 0 Å². The van der Waals surface area contributed by atoms with E-state index in [4.69, 9.17) is 0 Å². The lowest BCUT2D eigenvalue weighted by atomic mass is 9.78. The lowest BCUT2D eigenvalue weighted by Crippen LogP contribution is -2.52. The lowest BCUT2D eigenvalue weighted by molar-refractivity contribution is -0.158. The van der Waals surface area contributed by atoms with Crippen LogP contribution >= 0.6 is 0 Å². The summed E-state index contributed by atoms with van der Waals surface area (Å²) in [5.74, 6) is -4.10. The standard InChI is InChI=1S/C20H34O5/c1-11(2)7-9-14-18(23)16(17(22)13(5)6)19(24)20(14,25)15(21)10-8-12(3)4/h11-16,21,25H,7-10H2,1-6H3/t14-,15-,16?,20+/m0/s1. The maximum atomic E-state index is 12.9. The molecule has 144 valence electrons. The third-order valence-electron chi connectivity index (χ3n) is 5.23. The molecule has 1 aliphatic rings. The maximum Gasteiger partial charge on any atom is 0.185 e. The summed E-state index contributed by atoms with van der Waals surface area (Å²) in [6.07, 6.45) is 0.483. The van der Waals surface area contributed by atoms with E-state index in [9.17, 15) is 24.6 Å². The zero-order valence-corrected chi connectivity index (χ0v) is 16.4. The molecule has 0 aromatic carbocycles. The Morgan fingerprint density at radius 1 is 1.00 bits per heavy atom. The van der Waals surface area contributed by atoms with Gasteiger partial charge in [0.2, 0.25) is 0 Å². The van der Waals surface area contributed by atoms with Gasteiger partial charge in [0, 0.05) is 5.92 Å². The summed E-state index contributed by atoms with van der Waals surface area (Å²) >= 11 is 0. The Kier molecular flexibility index (Phi) is 7.51. The molecule has 1 saturated carbocycles. The van der Waals surface area contributed by atoms with E-state index < -0.39 is 46.8 Å². The molecule has 0 spiro atoms. The Hall–Kier alpha value is -1.07. The van der Waals surface area contributed by atoms with Crippen molar-refractivity contribution in [2.45, 2.75) is 78.9 Å². The molecular formula is C20H34O5. The lowest BCUT2D eigenvalue weighted by Gasteiger charge is -2.33. The van der Waals surface area contributed by atoms with Crippen LogP contribution in [0.1, 0.15) is 67.2 Å². The molecule has 5 heteroatoms. The van der Waals surface area contributed by atoms with Crippen molar-refractivity contribution in [3.05, 3.63) is 0 Å². The maximum absolute atomic E-state index is 12.9. The fourth-order valence-corrected chi connectivity index (χ4v) is 3.52. The summed E-state index contributed by atoms with van der Waals surface area (Å²) in [5, 5.41) is 21.7. The van der Waals surface area contributed by atoms with Crippen molar-refractivity contribution in [2.75, 3.05) is 0 Å². The minimum absolute atomic E-state index is 0.230. The van der Waals surface area contributed by atoms with E-state index in [1.54, 1.807) is 13.8 Å². The molecule has 1 unspecified atom stereocenters. The summed E-state index contributed by atoms with van der Waals surface area (Å²) in [7, 11) is 0. The highest BCUT2D eigenvalue weighted by Crippen LogP contribution is 2.42. The molecule has 0 radical (unpaired) electrons. The average molecular weight is 354 g/mol. The average Bonchev–Trinajstić information content (AvgIpc) is 2.69. The largest absolute Gasteiger partial charge is 0.390 e. The van der Waals surface area contributed by atoms with Gasteiger partial charge in [0.15, 0.2) is 23.0 Å². The van der Waals surface area contributed by atoms with Crippen molar-refractivity contribution in [3.8, 4) is 0 Å². The first-order chi connectivity index (χ1) is 11.4. The summed E-state index contributed by atoms with van der Waals surface area (Å²) in [6, 6.07) is 0. The quantitative estimate of drug-likeness (QED) is 0.621. The zero-order valence-electron chi connectivity index (χ0n) is 16.4. The Balaban J connectivity index is 3.20. The van der Waals surface area contributed by atoms with Crippen molar-refractivity contribution in [1.82, 2.24) is 0 Å². The van der Waals surface area contributed by atoms with Crippen molar-refractivity contribution >= 4 is 17.3 Å². The highest BCUT2D eigenvalue weighted by molar-refractivity contribution is 6.27. The van der Waals surface area contributed by atoms with Crippen LogP contribution in [0.15, 0.2) is 0 Å². The van der Waals surface area contributed by atoms with Crippen LogP contribution in [0.2, 0.25) is 0 Å². The fraction of sp³-hybridized carbons (Fsp3) is 0.850. The Morgan fingerprint density at radius 2 is 1.52 bits per heavy atom. The van der Waals surface area contributed by atoms with E-state index in [-0.39, 0.29) is 6.42 Å². The number of carbonyl (C=O) groups is 3. The van der Waals surface area contributed by atoms with E-state index in [0.29, 0.717) is 31.1 Å². The Labute approximate surface area is 151 Å². The second kappa shape index (κ2) is 8.54. The second-order valence-electron chi connectivity index (χ2n) is 8.59. The van der Waals surface area contributed by atoms with Crippen LogP contribution in [-0.4, -0.2) is 39.3 Å². The third-order valence-corrected chi connectivity index (χ3v) is 5.23. The van der Waals surface area contributed by atoms with Crippen LogP contribution in [0.3, 0.4) is 0 Å². The predicted octanol–water partition coefficient (Wildman–Crippen LogP) is 2.56. The van der Waals surface area contributed by atoms with Crippen LogP contribution in [0.4, 0.5) is 0 Å². The van der Waals surface area contributed by atoms with Crippen LogP contribution in [0.25, 0.3) is 0 Å². The number of rotatable bonds is 9. The van der Waals surface area contributed by atoms with Crippen LogP contribution in [0, 0.1) is 29.6 Å². The van der Waals surface area contributed by atoms with Crippen molar-refractivity contribution < 1.29 is 24.6 Å². The molecule has 25 heavy (non-hydrogen) atoms. The monoisotopic (exact) mass is 354 g/mol. The van der Waals surface area contributed by atoms with Crippen molar-refractivity contribution in [1.29, 1.82) is 0 Å². The van der Waals surface area contributed by atoms with Gasteiger partial charge in [0.05, 0.1) is 12.0 Å². The minimum atomic E-state index is -2.14. The van der Waals surface area contributed by atoms with Gasteiger partial charge in [-0.2, -0.15) is 0 Å². The molecular weight excluding hydrogens is 320 g/mol. The van der Waals surface area contributed by atoms with Gasteiger partial charge >= 0.3 is 0 Å². The summed E-state index contributed by atoms with van der Waals surface area (Å²) < 4.78 is 0. The number of hydrogen-bond acceptors (Lipinski definition) is 5. The number of ketones is 3. The van der Waals surface area contributed by atoms with Gasteiger partial charge in [-0.1, -0.05) is 48.0 Å². The molecule has 1 fully saturated rings. The highest BCUT2D eigenvalue weighted by Gasteiger charge is 2.64. The first-order valence-electron chi connectivity index (χ1n) is 9.46. The molecule has 0 saturated heterocycles. The number of Topliss-reactive ketones (excluding diaryl/α,β-unsaturated/α-hetero) is 3. The van der Waals surface area contributed by atoms with Gasteiger partial charge < -0.3 is 10.2 Å². The summed E-state index contributed by atoms with van der Waals surface area (Å²) in [4.78, 5) is 38.1. The molecule has 0 aromatic rings. The first kappa shape index (κ1) is 22.0. The zero-order chi connectivity index (χ0) is 19.5. The molecule has 0 amide bonds. The predicted molar refractivity (Wildman–Crippen MR) is 95.9 cm³/mol. The van der Waals surface area contributed by atoms with Crippen molar-refractivity contribution in [3.63, 3.8) is 0 Å². The Bertz CT molecular complexity index is 508. The fourth-order valence-electron chi connectivity index (χ4n) is 3.52. The van der Waals surface area contributed by atoms with E-state index >= 15 is 0 Å². The smallest absolute Gasteiger partial charge is 0.185 e.